The van der Waals surface area contributed by atoms with Gasteiger partial charge in [-0.15, -0.1) is 0 Å². The highest BCUT2D eigenvalue weighted by molar-refractivity contribution is 6.06. The number of likely N-dealkylation sites (tertiary alicyclic amines) is 1. The lowest BCUT2D eigenvalue weighted by Crippen LogP contribution is -2.55. The van der Waals surface area contributed by atoms with Crippen LogP contribution in [0, 0.1) is 25.7 Å². The molecule has 0 aliphatic carbocycles. The van der Waals surface area contributed by atoms with Crippen molar-refractivity contribution in [3.63, 3.8) is 0 Å². The molecule has 4 aliphatic rings. The van der Waals surface area contributed by atoms with E-state index < -0.39 is 29.6 Å². The Bertz CT molecular complexity index is 1160. The van der Waals surface area contributed by atoms with Gasteiger partial charge in [-0.1, -0.05) is 43.4 Å². The lowest BCUT2D eigenvalue weighted by atomic mass is 9.77. The van der Waals surface area contributed by atoms with Crippen molar-refractivity contribution in [2.45, 2.75) is 64.2 Å². The van der Waals surface area contributed by atoms with E-state index in [0.717, 1.165) is 29.7 Å². The average molecular weight is 522 g/mol. The van der Waals surface area contributed by atoms with E-state index in [2.05, 4.69) is 0 Å². The normalized spacial score (nSPS) is 30.4. The molecular weight excluding hydrogens is 482 g/mol. The minimum absolute atomic E-state index is 0.0746. The Morgan fingerprint density at radius 2 is 1.82 bits per heavy atom. The van der Waals surface area contributed by atoms with Crippen molar-refractivity contribution in [3.05, 3.63) is 53.6 Å². The van der Waals surface area contributed by atoms with Crippen molar-refractivity contribution in [2.24, 2.45) is 11.8 Å². The number of aliphatic hydroxyl groups excluding tert-OH is 1. The number of amides is 3. The predicted octanol–water partition coefficient (Wildman–Crippen LogP) is 2.76. The van der Waals surface area contributed by atoms with Gasteiger partial charge in [-0.05, 0) is 56.7 Å². The van der Waals surface area contributed by atoms with E-state index in [0.29, 0.717) is 39.0 Å². The van der Waals surface area contributed by atoms with Crippen molar-refractivity contribution in [1.82, 2.24) is 9.80 Å². The Morgan fingerprint density at radius 1 is 1.00 bits per heavy atom. The molecule has 8 heteroatoms. The molecule has 5 rings (SSSR count). The number of hydrogen-bond acceptors (Lipinski definition) is 5. The molecule has 4 aliphatic heterocycles. The number of hydrogen-bond donors (Lipinski definition) is 1. The van der Waals surface area contributed by atoms with Gasteiger partial charge in [0.15, 0.2) is 0 Å². The minimum atomic E-state index is -1.21. The molecule has 0 bridgehead atoms. The topological polar surface area (TPSA) is 90.4 Å². The first-order valence-electron chi connectivity index (χ1n) is 13.9. The summed E-state index contributed by atoms with van der Waals surface area (Å²) in [6.07, 6.45) is 10.0. The summed E-state index contributed by atoms with van der Waals surface area (Å²) in [5.74, 6) is -1.87. The molecule has 2 fully saturated rings. The van der Waals surface area contributed by atoms with E-state index in [1.807, 2.05) is 63.3 Å². The van der Waals surface area contributed by atoms with E-state index in [-0.39, 0.29) is 24.3 Å². The molecule has 1 unspecified atom stereocenters. The number of aliphatic hydroxyl groups is 1. The van der Waals surface area contributed by atoms with Gasteiger partial charge in [0.1, 0.15) is 11.6 Å². The Labute approximate surface area is 224 Å². The van der Waals surface area contributed by atoms with Gasteiger partial charge in [0, 0.05) is 38.5 Å². The Balaban J connectivity index is 1.58. The zero-order chi connectivity index (χ0) is 27.0. The molecule has 4 heterocycles. The summed E-state index contributed by atoms with van der Waals surface area (Å²) in [5, 5.41) is 9.25. The Kier molecular flexibility index (Phi) is 7.47. The van der Waals surface area contributed by atoms with Crippen LogP contribution >= 0.6 is 0 Å². The monoisotopic (exact) mass is 521 g/mol. The molecule has 3 amide bonds. The predicted molar refractivity (Wildman–Crippen MR) is 144 cm³/mol. The molecule has 1 aromatic rings. The van der Waals surface area contributed by atoms with Crippen molar-refractivity contribution in [3.8, 4) is 0 Å². The van der Waals surface area contributed by atoms with Crippen LogP contribution in [-0.2, 0) is 19.1 Å². The highest BCUT2D eigenvalue weighted by Gasteiger charge is 2.71. The fraction of sp³-hybridized carbons (Fsp3) is 0.567. The first-order chi connectivity index (χ1) is 18.3. The summed E-state index contributed by atoms with van der Waals surface area (Å²) in [6, 6.07) is 5.18. The molecule has 204 valence electrons. The SMILES string of the molecule is CCCN1CC=C[C@@H]2O[C@]34C=CCN(c5cc(C)ccc5C)C(=O)C3N(CCCCCO)C(=O)[C@@H]4[C@@H]2C1=O. The summed E-state index contributed by atoms with van der Waals surface area (Å²) >= 11 is 0. The summed E-state index contributed by atoms with van der Waals surface area (Å²) < 4.78 is 6.70. The third-order valence-electron chi connectivity index (χ3n) is 8.45. The standard InChI is InChI=1S/C30H39N3O5/c1-4-14-31-15-8-10-23-24(27(31)35)25-28(36)33(16-6-5-7-18-34)26-29(37)32(17-9-13-30(25,26)38-23)22-19-20(2)11-12-21(22)3/h8-13,19,23-26,34H,4-7,14-18H2,1-3H3/t23-,24+,25-,26?,30-/m0/s1. The van der Waals surface area contributed by atoms with Crippen LogP contribution in [0.1, 0.15) is 43.7 Å². The molecule has 8 nitrogen and oxygen atoms in total. The quantitative estimate of drug-likeness (QED) is 0.420. The van der Waals surface area contributed by atoms with Crippen molar-refractivity contribution < 1.29 is 24.2 Å². The molecule has 0 radical (unpaired) electrons. The van der Waals surface area contributed by atoms with Crippen LogP contribution in [0.5, 0.6) is 0 Å². The van der Waals surface area contributed by atoms with Crippen LogP contribution < -0.4 is 4.90 Å². The Hall–Kier alpha value is -2.97. The fourth-order valence-electron chi connectivity index (χ4n) is 6.70. The van der Waals surface area contributed by atoms with Crippen molar-refractivity contribution in [1.29, 1.82) is 0 Å². The number of rotatable bonds is 8. The zero-order valence-electron chi connectivity index (χ0n) is 22.6. The number of ether oxygens (including phenoxy) is 1. The summed E-state index contributed by atoms with van der Waals surface area (Å²) in [4.78, 5) is 47.7. The first kappa shape index (κ1) is 26.6. The number of benzene rings is 1. The molecule has 0 aromatic heterocycles. The second kappa shape index (κ2) is 10.7. The maximum absolute atomic E-state index is 14.5. The molecule has 1 aromatic carbocycles. The van der Waals surface area contributed by atoms with E-state index in [1.54, 1.807) is 14.7 Å². The number of anilines is 1. The summed E-state index contributed by atoms with van der Waals surface area (Å²) in [5.41, 5.74) is 1.65. The summed E-state index contributed by atoms with van der Waals surface area (Å²) in [7, 11) is 0. The lowest BCUT2D eigenvalue weighted by Gasteiger charge is -2.35. The average Bonchev–Trinajstić information content (AvgIpc) is 3.21. The van der Waals surface area contributed by atoms with Gasteiger partial charge >= 0.3 is 0 Å². The molecular formula is C30H39N3O5. The number of aryl methyl sites for hydroxylation is 2. The largest absolute Gasteiger partial charge is 0.396 e. The van der Waals surface area contributed by atoms with Crippen LogP contribution in [0.15, 0.2) is 42.5 Å². The summed E-state index contributed by atoms with van der Waals surface area (Å²) in [6.45, 7) is 7.97. The zero-order valence-corrected chi connectivity index (χ0v) is 22.6. The molecule has 1 N–H and O–H groups in total. The van der Waals surface area contributed by atoms with Crippen molar-refractivity contribution in [2.75, 3.05) is 37.7 Å². The molecule has 38 heavy (non-hydrogen) atoms. The first-order valence-corrected chi connectivity index (χ1v) is 13.9. The Morgan fingerprint density at radius 3 is 2.58 bits per heavy atom. The van der Waals surface area contributed by atoms with Gasteiger partial charge in [-0.2, -0.15) is 0 Å². The second-order valence-corrected chi connectivity index (χ2v) is 11.0. The maximum Gasteiger partial charge on any atom is 0.253 e. The van der Waals surface area contributed by atoms with E-state index in [4.69, 9.17) is 4.74 Å². The van der Waals surface area contributed by atoms with Crippen LogP contribution in [0.25, 0.3) is 0 Å². The van der Waals surface area contributed by atoms with Crippen LogP contribution in [0.3, 0.4) is 0 Å². The molecule has 2 saturated heterocycles. The third-order valence-corrected chi connectivity index (χ3v) is 8.45. The number of carbonyl (C=O) groups excluding carboxylic acids is 3. The highest BCUT2D eigenvalue weighted by Crippen LogP contribution is 2.53. The van der Waals surface area contributed by atoms with Gasteiger partial charge in [0.25, 0.3) is 5.91 Å². The molecule has 5 atom stereocenters. The van der Waals surface area contributed by atoms with E-state index in [1.165, 1.54) is 0 Å². The van der Waals surface area contributed by atoms with Gasteiger partial charge < -0.3 is 24.5 Å². The number of carbonyl (C=O) groups is 3. The van der Waals surface area contributed by atoms with Gasteiger partial charge in [-0.3, -0.25) is 14.4 Å². The number of unbranched alkanes of at least 4 members (excludes halogenated alkanes) is 2. The van der Waals surface area contributed by atoms with E-state index in [9.17, 15) is 19.5 Å². The molecule has 1 spiro atoms. The van der Waals surface area contributed by atoms with Gasteiger partial charge in [0.05, 0.1) is 17.9 Å². The number of fused-ring (bicyclic) bond motifs is 2. The van der Waals surface area contributed by atoms with Crippen LogP contribution in [0.2, 0.25) is 0 Å². The second-order valence-electron chi connectivity index (χ2n) is 11.0. The third kappa shape index (κ3) is 4.28. The minimum Gasteiger partial charge on any atom is -0.396 e. The maximum atomic E-state index is 14.5. The molecule has 0 saturated carbocycles. The smallest absolute Gasteiger partial charge is 0.253 e. The lowest BCUT2D eigenvalue weighted by molar-refractivity contribution is -0.144. The van der Waals surface area contributed by atoms with Crippen LogP contribution in [0.4, 0.5) is 5.69 Å². The highest BCUT2D eigenvalue weighted by atomic mass is 16.5. The van der Waals surface area contributed by atoms with Crippen LogP contribution in [-0.4, -0.2) is 83.2 Å². The van der Waals surface area contributed by atoms with Gasteiger partial charge in [-0.25, -0.2) is 0 Å². The number of nitrogens with zero attached hydrogens (tertiary/aromatic N) is 3. The van der Waals surface area contributed by atoms with E-state index >= 15 is 0 Å². The van der Waals surface area contributed by atoms with Gasteiger partial charge in [0.2, 0.25) is 11.8 Å². The fourth-order valence-corrected chi connectivity index (χ4v) is 6.70. The van der Waals surface area contributed by atoms with Crippen molar-refractivity contribution >= 4 is 23.4 Å².